The number of pyridine rings is 2. The van der Waals surface area contributed by atoms with Crippen molar-refractivity contribution in [3.63, 3.8) is 0 Å². The summed E-state index contributed by atoms with van der Waals surface area (Å²) in [5, 5.41) is 16.1. The molecule has 2 fully saturated rings. The minimum Gasteiger partial charge on any atom is -0.456 e. The highest BCUT2D eigenvalue weighted by Crippen LogP contribution is 2.41. The SMILES string of the molecule is CC(=O)OC1CCN(C(=O)C2CC2)c2ccc(C(C)NC(=O)c3ccc(F)cc3)nc21.CC(NC(=O)c1ccc(F)cc1)c1ccc2c(n1)C(O)CCN2C(=O)C1CC1. The predicted octanol–water partition coefficient (Wildman–Crippen LogP) is 6.35. The molecule has 0 spiro atoms. The number of hydrogen-bond donors (Lipinski definition) is 3. The maximum atomic E-state index is 13.1. The van der Waals surface area contributed by atoms with Gasteiger partial charge in [-0.05, 0) is 119 Å². The summed E-state index contributed by atoms with van der Waals surface area (Å²) in [6.45, 7) is 5.88. The monoisotopic (exact) mass is 808 g/mol. The Hall–Kier alpha value is -6.09. The predicted molar refractivity (Wildman–Crippen MR) is 212 cm³/mol. The molecule has 0 radical (unpaired) electrons. The molecule has 2 aliphatic carbocycles. The molecule has 308 valence electrons. The first-order chi connectivity index (χ1) is 28.3. The zero-order valence-electron chi connectivity index (χ0n) is 33.0. The Labute approximate surface area is 340 Å². The van der Waals surface area contributed by atoms with Gasteiger partial charge in [0.15, 0.2) is 0 Å². The van der Waals surface area contributed by atoms with Crippen LogP contribution in [-0.2, 0) is 19.1 Å². The summed E-state index contributed by atoms with van der Waals surface area (Å²) in [4.78, 5) is 74.3. The summed E-state index contributed by atoms with van der Waals surface area (Å²) in [5.41, 5.74) is 4.15. The van der Waals surface area contributed by atoms with Crippen LogP contribution in [-0.4, -0.2) is 57.8 Å². The standard InChI is InChI=1S/C23H24FN3O4.C21H22FN3O3/c1-13(25-22(29)15-5-7-17(24)8-6-15)18-9-10-19-21(26-18)20(31-14(2)28)11-12-27(19)23(30)16-3-4-16;1-12(23-20(27)13-4-6-15(22)7-5-13)16-8-9-17-19(24-16)18(26)10-11-25(17)21(28)14-2-3-14/h5-10,13,16,20H,3-4,11-12H2,1-2H3,(H,25,29);4-9,12,14,18,26H,2-3,10-11H2,1H3,(H,23,27). The van der Waals surface area contributed by atoms with Crippen molar-refractivity contribution in [2.24, 2.45) is 11.8 Å². The second kappa shape index (κ2) is 17.4. The molecular weight excluding hydrogens is 763 g/mol. The highest BCUT2D eigenvalue weighted by Gasteiger charge is 2.40. The minimum atomic E-state index is -0.738. The van der Waals surface area contributed by atoms with E-state index in [9.17, 15) is 37.9 Å². The van der Waals surface area contributed by atoms with Crippen molar-refractivity contribution >= 4 is 41.0 Å². The van der Waals surface area contributed by atoms with Gasteiger partial charge in [0.05, 0.1) is 46.6 Å². The number of carbonyl (C=O) groups excluding carboxylic acids is 5. The van der Waals surface area contributed by atoms with Gasteiger partial charge in [0.1, 0.15) is 23.4 Å². The molecule has 0 saturated heterocycles. The quantitative estimate of drug-likeness (QED) is 0.163. The third-order valence-electron chi connectivity index (χ3n) is 10.8. The maximum Gasteiger partial charge on any atom is 0.303 e. The van der Waals surface area contributed by atoms with Gasteiger partial charge >= 0.3 is 5.97 Å². The van der Waals surface area contributed by atoms with Gasteiger partial charge in [-0.25, -0.2) is 13.8 Å². The second-order valence-corrected chi connectivity index (χ2v) is 15.4. The maximum absolute atomic E-state index is 13.1. The minimum absolute atomic E-state index is 0.0618. The molecule has 4 heterocycles. The molecule has 0 bridgehead atoms. The number of halogens is 2. The number of hydrogen-bond acceptors (Lipinski definition) is 9. The normalized spacial score (nSPS) is 19.2. The first-order valence-corrected chi connectivity index (χ1v) is 19.9. The van der Waals surface area contributed by atoms with E-state index in [1.54, 1.807) is 47.9 Å². The largest absolute Gasteiger partial charge is 0.456 e. The molecule has 4 aliphatic rings. The van der Waals surface area contributed by atoms with E-state index in [1.807, 2.05) is 0 Å². The summed E-state index contributed by atoms with van der Waals surface area (Å²) < 4.78 is 31.6. The summed E-state index contributed by atoms with van der Waals surface area (Å²) in [6.07, 6.45) is 3.27. The fraction of sp³-hybridized carbons (Fsp3) is 0.386. The van der Waals surface area contributed by atoms with E-state index in [0.717, 1.165) is 25.7 Å². The first kappa shape index (κ1) is 41.1. The van der Waals surface area contributed by atoms with E-state index in [4.69, 9.17) is 4.74 Å². The fourth-order valence-corrected chi connectivity index (χ4v) is 7.18. The van der Waals surface area contributed by atoms with Gasteiger partial charge in [-0.3, -0.25) is 29.0 Å². The number of rotatable bonds is 9. The third-order valence-corrected chi connectivity index (χ3v) is 10.8. The summed E-state index contributed by atoms with van der Waals surface area (Å²) >= 11 is 0. The van der Waals surface area contributed by atoms with E-state index >= 15 is 0 Å². The number of aliphatic hydroxyl groups excluding tert-OH is 1. The van der Waals surface area contributed by atoms with Gasteiger partial charge in [-0.2, -0.15) is 0 Å². The zero-order chi connectivity index (χ0) is 42.0. The Kier molecular flexibility index (Phi) is 12.1. The van der Waals surface area contributed by atoms with Crippen LogP contribution in [0.3, 0.4) is 0 Å². The van der Waals surface area contributed by atoms with Crippen molar-refractivity contribution in [2.75, 3.05) is 22.9 Å². The molecular formula is C44H46F2N6O7. The van der Waals surface area contributed by atoms with Crippen LogP contribution >= 0.6 is 0 Å². The van der Waals surface area contributed by atoms with Crippen molar-refractivity contribution in [3.05, 3.63) is 118 Å². The van der Waals surface area contributed by atoms with Gasteiger partial charge in [0.25, 0.3) is 11.8 Å². The lowest BCUT2D eigenvalue weighted by Gasteiger charge is -2.33. The number of nitrogens with one attached hydrogen (secondary N) is 2. The van der Waals surface area contributed by atoms with Gasteiger partial charge in [0.2, 0.25) is 11.8 Å². The second-order valence-electron chi connectivity index (χ2n) is 15.4. The Bertz CT molecular complexity index is 2250. The zero-order valence-corrected chi connectivity index (χ0v) is 33.0. The third kappa shape index (κ3) is 9.62. The molecule has 2 aromatic carbocycles. The van der Waals surface area contributed by atoms with Crippen molar-refractivity contribution in [2.45, 2.75) is 83.6 Å². The lowest BCUT2D eigenvalue weighted by molar-refractivity contribution is -0.147. The van der Waals surface area contributed by atoms with E-state index in [2.05, 4.69) is 20.6 Å². The summed E-state index contributed by atoms with van der Waals surface area (Å²) in [6, 6.07) is 16.8. The summed E-state index contributed by atoms with van der Waals surface area (Å²) in [7, 11) is 0. The molecule has 2 aromatic heterocycles. The number of anilines is 2. The molecule has 3 N–H and O–H groups in total. The molecule has 2 saturated carbocycles. The van der Waals surface area contributed by atoms with Crippen LogP contribution in [0.15, 0.2) is 72.8 Å². The van der Waals surface area contributed by atoms with Gasteiger partial charge in [-0.15, -0.1) is 0 Å². The molecule has 2 aliphatic heterocycles. The molecule has 59 heavy (non-hydrogen) atoms. The van der Waals surface area contributed by atoms with Crippen LogP contribution in [0.4, 0.5) is 20.2 Å². The van der Waals surface area contributed by atoms with Gasteiger partial charge in [-0.1, -0.05) is 0 Å². The fourth-order valence-electron chi connectivity index (χ4n) is 7.18. The van der Waals surface area contributed by atoms with E-state index < -0.39 is 41.9 Å². The number of fused-ring (bicyclic) bond motifs is 2. The number of benzene rings is 2. The molecule has 4 unspecified atom stereocenters. The average molecular weight is 809 g/mol. The lowest BCUT2D eigenvalue weighted by atomic mass is 10.0. The number of esters is 1. The smallest absolute Gasteiger partial charge is 0.303 e. The van der Waals surface area contributed by atoms with Crippen LogP contribution in [0.1, 0.15) is 127 Å². The van der Waals surface area contributed by atoms with Crippen molar-refractivity contribution < 1.29 is 42.6 Å². The highest BCUT2D eigenvalue weighted by atomic mass is 19.1. The number of amides is 4. The topological polar surface area (TPSA) is 171 Å². The highest BCUT2D eigenvalue weighted by molar-refractivity contribution is 5.98. The van der Waals surface area contributed by atoms with Crippen LogP contribution in [0.5, 0.6) is 0 Å². The van der Waals surface area contributed by atoms with E-state index in [0.29, 0.717) is 71.2 Å². The van der Waals surface area contributed by atoms with Crippen LogP contribution in [0, 0.1) is 23.5 Å². The van der Waals surface area contributed by atoms with Crippen molar-refractivity contribution in [3.8, 4) is 0 Å². The van der Waals surface area contributed by atoms with Crippen molar-refractivity contribution in [1.82, 2.24) is 20.6 Å². The number of carbonyl (C=O) groups is 5. The lowest BCUT2D eigenvalue weighted by Crippen LogP contribution is -2.39. The molecule has 4 atom stereocenters. The molecule has 13 nitrogen and oxygen atoms in total. The Morgan fingerprint density at radius 1 is 0.644 bits per heavy atom. The van der Waals surface area contributed by atoms with Gasteiger partial charge < -0.3 is 30.3 Å². The molecule has 4 amide bonds. The Morgan fingerprint density at radius 3 is 1.51 bits per heavy atom. The van der Waals surface area contributed by atoms with Crippen LogP contribution < -0.4 is 20.4 Å². The van der Waals surface area contributed by atoms with E-state index in [1.165, 1.54) is 55.5 Å². The average Bonchev–Trinajstić information content (AvgIpc) is 4.16. The Morgan fingerprint density at radius 2 is 1.07 bits per heavy atom. The van der Waals surface area contributed by atoms with Gasteiger partial charge in [0, 0.05) is 49.4 Å². The molecule has 15 heteroatoms. The van der Waals surface area contributed by atoms with Crippen LogP contribution in [0.2, 0.25) is 0 Å². The van der Waals surface area contributed by atoms with Crippen molar-refractivity contribution in [1.29, 1.82) is 0 Å². The number of ether oxygens (including phenoxy) is 1. The van der Waals surface area contributed by atoms with E-state index in [-0.39, 0.29) is 35.5 Å². The molecule has 4 aromatic rings. The van der Waals surface area contributed by atoms with Crippen LogP contribution in [0.25, 0.3) is 0 Å². The number of aliphatic hydroxyl groups is 1. The molecule has 8 rings (SSSR count). The Balaban J connectivity index is 0.000000180. The number of aromatic nitrogens is 2. The number of nitrogens with zero attached hydrogens (tertiary/aromatic N) is 4. The summed E-state index contributed by atoms with van der Waals surface area (Å²) in [5.74, 6) is -1.59. The first-order valence-electron chi connectivity index (χ1n) is 19.9.